The summed E-state index contributed by atoms with van der Waals surface area (Å²) in [5.41, 5.74) is 9.02. The van der Waals surface area contributed by atoms with Crippen LogP contribution in [0.3, 0.4) is 0 Å². The second kappa shape index (κ2) is 3.53. The van der Waals surface area contributed by atoms with Crippen LogP contribution in [0.4, 0.5) is 0 Å². The van der Waals surface area contributed by atoms with Crippen LogP contribution >= 0.6 is 0 Å². The summed E-state index contributed by atoms with van der Waals surface area (Å²) in [5.74, 6) is 0.982. The van der Waals surface area contributed by atoms with Crippen molar-refractivity contribution in [2.75, 3.05) is 7.11 Å². The number of fused-ring (bicyclic) bond motifs is 1. The lowest BCUT2D eigenvalue weighted by Crippen LogP contribution is -2.30. The molecule has 2 heteroatoms. The van der Waals surface area contributed by atoms with E-state index in [0.717, 1.165) is 18.6 Å². The highest BCUT2D eigenvalue weighted by molar-refractivity contribution is 5.44. The van der Waals surface area contributed by atoms with Crippen molar-refractivity contribution >= 4 is 0 Å². The fraction of sp³-hybridized carbons (Fsp3) is 0.538. The van der Waals surface area contributed by atoms with Gasteiger partial charge in [-0.05, 0) is 35.4 Å². The van der Waals surface area contributed by atoms with E-state index in [1.54, 1.807) is 7.11 Å². The second-order valence-corrected chi connectivity index (χ2v) is 5.18. The van der Waals surface area contributed by atoms with Gasteiger partial charge in [0, 0.05) is 6.04 Å². The first kappa shape index (κ1) is 10.5. The van der Waals surface area contributed by atoms with Gasteiger partial charge in [0.05, 0.1) is 7.11 Å². The molecule has 2 N–H and O–H groups in total. The monoisotopic (exact) mass is 205 g/mol. The van der Waals surface area contributed by atoms with E-state index in [9.17, 15) is 0 Å². The number of benzene rings is 1. The topological polar surface area (TPSA) is 35.2 Å². The van der Waals surface area contributed by atoms with Gasteiger partial charge in [0.1, 0.15) is 5.75 Å². The normalized spacial score (nSPS) is 23.3. The van der Waals surface area contributed by atoms with Gasteiger partial charge in [0.25, 0.3) is 0 Å². The Kier molecular flexibility index (Phi) is 2.47. The number of ether oxygens (including phenoxy) is 1. The molecule has 0 saturated carbocycles. The molecule has 0 aromatic heterocycles. The van der Waals surface area contributed by atoms with Gasteiger partial charge >= 0.3 is 0 Å². The lowest BCUT2D eigenvalue weighted by atomic mass is 9.72. The summed E-state index contributed by atoms with van der Waals surface area (Å²) in [4.78, 5) is 0. The van der Waals surface area contributed by atoms with Crippen LogP contribution in [-0.2, 0) is 6.42 Å². The number of hydrogen-bond acceptors (Lipinski definition) is 2. The molecular weight excluding hydrogens is 186 g/mol. The Labute approximate surface area is 91.4 Å². The summed E-state index contributed by atoms with van der Waals surface area (Å²) in [6, 6.07) is 6.32. The highest BCUT2D eigenvalue weighted by atomic mass is 16.5. The van der Waals surface area contributed by atoms with Crippen LogP contribution in [0, 0.1) is 5.41 Å². The van der Waals surface area contributed by atoms with Crippen LogP contribution in [0.1, 0.15) is 37.4 Å². The quantitative estimate of drug-likeness (QED) is 0.765. The van der Waals surface area contributed by atoms with Crippen molar-refractivity contribution in [3.8, 4) is 5.75 Å². The first-order valence-electron chi connectivity index (χ1n) is 5.45. The number of methoxy groups -OCH3 is 1. The maximum Gasteiger partial charge on any atom is 0.122 e. The zero-order chi connectivity index (χ0) is 11.1. The van der Waals surface area contributed by atoms with E-state index in [1.165, 1.54) is 11.1 Å². The minimum atomic E-state index is 0.152. The summed E-state index contributed by atoms with van der Waals surface area (Å²) < 4.78 is 5.40. The molecule has 1 aromatic carbocycles. The molecule has 1 aliphatic rings. The molecule has 1 atom stereocenters. The number of hydrogen-bond donors (Lipinski definition) is 1. The molecule has 2 rings (SSSR count). The van der Waals surface area contributed by atoms with Crippen molar-refractivity contribution in [3.05, 3.63) is 29.3 Å². The van der Waals surface area contributed by atoms with Gasteiger partial charge in [0.15, 0.2) is 0 Å². The third kappa shape index (κ3) is 1.86. The Bertz CT molecular complexity index is 371. The highest BCUT2D eigenvalue weighted by Gasteiger charge is 2.31. The average molecular weight is 205 g/mol. The molecule has 0 spiro atoms. The van der Waals surface area contributed by atoms with E-state index in [1.807, 2.05) is 12.1 Å². The van der Waals surface area contributed by atoms with Crippen molar-refractivity contribution < 1.29 is 4.74 Å². The first-order chi connectivity index (χ1) is 7.03. The van der Waals surface area contributed by atoms with Crippen LogP contribution in [0.15, 0.2) is 18.2 Å². The Morgan fingerprint density at radius 3 is 2.80 bits per heavy atom. The highest BCUT2D eigenvalue weighted by Crippen LogP contribution is 2.42. The molecule has 2 nitrogen and oxygen atoms in total. The average Bonchev–Trinajstić information content (AvgIpc) is 2.15. The molecule has 0 aliphatic heterocycles. The SMILES string of the molecule is COc1cccc2c1CC(C)(C)CC2N. The van der Waals surface area contributed by atoms with E-state index in [4.69, 9.17) is 10.5 Å². The Morgan fingerprint density at radius 2 is 2.13 bits per heavy atom. The van der Waals surface area contributed by atoms with Gasteiger partial charge < -0.3 is 10.5 Å². The summed E-state index contributed by atoms with van der Waals surface area (Å²) in [5, 5.41) is 0. The molecule has 82 valence electrons. The zero-order valence-corrected chi connectivity index (χ0v) is 9.71. The Morgan fingerprint density at radius 1 is 1.40 bits per heavy atom. The van der Waals surface area contributed by atoms with Gasteiger partial charge in [-0.3, -0.25) is 0 Å². The molecule has 0 fully saturated rings. The molecule has 1 aliphatic carbocycles. The zero-order valence-electron chi connectivity index (χ0n) is 9.71. The van der Waals surface area contributed by atoms with Crippen LogP contribution in [0.25, 0.3) is 0 Å². The smallest absolute Gasteiger partial charge is 0.122 e. The Hall–Kier alpha value is -1.02. The number of nitrogens with two attached hydrogens (primary N) is 1. The van der Waals surface area contributed by atoms with Crippen LogP contribution in [0.2, 0.25) is 0 Å². The standard InChI is InChI=1S/C13H19NO/c1-13(2)7-10-9(11(14)8-13)5-4-6-12(10)15-3/h4-6,11H,7-8,14H2,1-3H3. The maximum atomic E-state index is 6.19. The second-order valence-electron chi connectivity index (χ2n) is 5.18. The maximum absolute atomic E-state index is 6.19. The minimum absolute atomic E-state index is 0.152. The fourth-order valence-electron chi connectivity index (χ4n) is 2.57. The van der Waals surface area contributed by atoms with E-state index < -0.39 is 0 Å². The van der Waals surface area contributed by atoms with Crippen LogP contribution in [-0.4, -0.2) is 7.11 Å². The third-order valence-corrected chi connectivity index (χ3v) is 3.22. The van der Waals surface area contributed by atoms with E-state index in [2.05, 4.69) is 19.9 Å². The van der Waals surface area contributed by atoms with Crippen LogP contribution in [0.5, 0.6) is 5.75 Å². The van der Waals surface area contributed by atoms with Crippen LogP contribution < -0.4 is 10.5 Å². The molecule has 0 bridgehead atoms. The van der Waals surface area contributed by atoms with E-state index in [0.29, 0.717) is 0 Å². The molecule has 0 saturated heterocycles. The molecule has 1 unspecified atom stereocenters. The summed E-state index contributed by atoms with van der Waals surface area (Å²) in [6.07, 6.45) is 2.10. The molecule has 0 radical (unpaired) electrons. The molecule has 1 aromatic rings. The van der Waals surface area contributed by atoms with Gasteiger partial charge in [-0.15, -0.1) is 0 Å². The molecule has 15 heavy (non-hydrogen) atoms. The molecule has 0 heterocycles. The van der Waals surface area contributed by atoms with Gasteiger partial charge in [-0.2, -0.15) is 0 Å². The van der Waals surface area contributed by atoms with Crippen molar-refractivity contribution in [1.82, 2.24) is 0 Å². The molecule has 0 amide bonds. The lowest BCUT2D eigenvalue weighted by molar-refractivity contribution is 0.275. The van der Waals surface area contributed by atoms with Gasteiger partial charge in [0.2, 0.25) is 0 Å². The van der Waals surface area contributed by atoms with Gasteiger partial charge in [-0.1, -0.05) is 26.0 Å². The van der Waals surface area contributed by atoms with Crippen molar-refractivity contribution in [1.29, 1.82) is 0 Å². The van der Waals surface area contributed by atoms with E-state index >= 15 is 0 Å². The fourth-order valence-corrected chi connectivity index (χ4v) is 2.57. The van der Waals surface area contributed by atoms with Crippen molar-refractivity contribution in [3.63, 3.8) is 0 Å². The third-order valence-electron chi connectivity index (χ3n) is 3.22. The number of rotatable bonds is 1. The lowest BCUT2D eigenvalue weighted by Gasteiger charge is -2.36. The molecular formula is C13H19NO. The van der Waals surface area contributed by atoms with Gasteiger partial charge in [-0.25, -0.2) is 0 Å². The summed E-state index contributed by atoms with van der Waals surface area (Å²) in [7, 11) is 1.72. The van der Waals surface area contributed by atoms with Crippen molar-refractivity contribution in [2.24, 2.45) is 11.1 Å². The summed E-state index contributed by atoms with van der Waals surface area (Å²) in [6.45, 7) is 4.53. The minimum Gasteiger partial charge on any atom is -0.496 e. The van der Waals surface area contributed by atoms with E-state index in [-0.39, 0.29) is 11.5 Å². The van der Waals surface area contributed by atoms with Crippen molar-refractivity contribution in [2.45, 2.75) is 32.7 Å². The predicted octanol–water partition coefficient (Wildman–Crippen LogP) is 2.67. The predicted molar refractivity (Wildman–Crippen MR) is 62.0 cm³/mol. The first-order valence-corrected chi connectivity index (χ1v) is 5.45. The Balaban J connectivity index is 2.50. The largest absolute Gasteiger partial charge is 0.496 e. The summed E-state index contributed by atoms with van der Waals surface area (Å²) >= 11 is 0.